The first kappa shape index (κ1) is 31.3. The third kappa shape index (κ3) is 8.29. The third-order valence-corrected chi connectivity index (χ3v) is 7.06. The molecule has 0 bridgehead atoms. The first-order chi connectivity index (χ1) is 17.2. The van der Waals surface area contributed by atoms with Gasteiger partial charge in [-0.25, -0.2) is 8.42 Å². The van der Waals surface area contributed by atoms with Crippen molar-refractivity contribution in [1.82, 2.24) is 10.2 Å². The Morgan fingerprint density at radius 3 is 2.29 bits per heavy atom. The fourth-order valence-corrected chi connectivity index (χ4v) is 5.05. The molecule has 0 spiro atoms. The van der Waals surface area contributed by atoms with E-state index in [1.54, 1.807) is 6.07 Å². The number of halogens is 7. The van der Waals surface area contributed by atoms with Gasteiger partial charge in [-0.1, -0.05) is 31.5 Å². The molecular weight excluding hydrogens is 560 g/mol. The number of anilines is 1. The molecule has 0 fully saturated rings. The summed E-state index contributed by atoms with van der Waals surface area (Å²) in [7, 11) is -4.93. The number of H-pyrrole nitrogens is 1. The molecule has 210 valence electrons. The van der Waals surface area contributed by atoms with E-state index >= 15 is 0 Å². The summed E-state index contributed by atoms with van der Waals surface area (Å²) < 4.78 is 111. The molecule has 0 amide bonds. The molecule has 0 saturated carbocycles. The Bertz CT molecular complexity index is 1290. The van der Waals surface area contributed by atoms with Crippen LogP contribution in [0.1, 0.15) is 37.8 Å². The van der Waals surface area contributed by atoms with Crippen LogP contribution < -0.4 is 9.04 Å². The zero-order valence-electron chi connectivity index (χ0n) is 20.3. The summed E-state index contributed by atoms with van der Waals surface area (Å²) in [6.07, 6.45) is -7.01. The number of aromatic amines is 1. The minimum Gasteiger partial charge on any atom is -0.491 e. The quantitative estimate of drug-likeness (QED) is 0.260. The minimum atomic E-state index is -5.01. The summed E-state index contributed by atoms with van der Waals surface area (Å²) in [6.45, 7) is 3.22. The van der Waals surface area contributed by atoms with Crippen LogP contribution >= 0.6 is 12.4 Å². The summed E-state index contributed by atoms with van der Waals surface area (Å²) in [5, 5.41) is 6.42. The summed E-state index contributed by atoms with van der Waals surface area (Å²) in [4.78, 5) is 0. The summed E-state index contributed by atoms with van der Waals surface area (Å²) >= 11 is 0. The maximum Gasteiger partial charge on any atom is 0.416 e. The van der Waals surface area contributed by atoms with Crippen molar-refractivity contribution < 1.29 is 39.5 Å². The van der Waals surface area contributed by atoms with Crippen molar-refractivity contribution in [3.63, 3.8) is 0 Å². The average molecular weight is 586 g/mol. The maximum absolute atomic E-state index is 13.2. The van der Waals surface area contributed by atoms with Crippen LogP contribution in [-0.2, 0) is 22.7 Å². The topological polar surface area (TPSA) is 75.3 Å². The van der Waals surface area contributed by atoms with E-state index in [1.807, 2.05) is 13.8 Å². The standard InChI is InChI=1S/C24H25F6N3O3S.ClH/c1-3-5-16(2)36-21-7-4-6-20(12-21)33(37(34,35)15-23(25,26)27)14-18-13-31-32-22(18)17-8-10-19(11-9-17)24(28,29)30;/h4,6-13,16H,3,5,14-15H2,1-2H3,(H,31,32);1H. The number of ether oxygens (including phenoxy) is 1. The van der Waals surface area contributed by atoms with Gasteiger partial charge >= 0.3 is 12.4 Å². The van der Waals surface area contributed by atoms with Crippen LogP contribution in [0.3, 0.4) is 0 Å². The lowest BCUT2D eigenvalue weighted by Gasteiger charge is -2.26. The van der Waals surface area contributed by atoms with Gasteiger partial charge in [-0.05, 0) is 43.2 Å². The Labute approximate surface area is 222 Å². The molecule has 38 heavy (non-hydrogen) atoms. The average Bonchev–Trinajstić information content (AvgIpc) is 3.24. The highest BCUT2D eigenvalue weighted by Crippen LogP contribution is 2.33. The van der Waals surface area contributed by atoms with E-state index in [-0.39, 0.29) is 46.8 Å². The van der Waals surface area contributed by atoms with E-state index in [0.29, 0.717) is 10.7 Å². The number of rotatable bonds is 10. The van der Waals surface area contributed by atoms with E-state index in [2.05, 4.69) is 10.2 Å². The molecule has 3 aromatic rings. The van der Waals surface area contributed by atoms with Crippen LogP contribution in [0.25, 0.3) is 11.3 Å². The third-order valence-electron chi connectivity index (χ3n) is 5.35. The SMILES string of the molecule is CCCC(C)Oc1cccc(N(Cc2cn[nH]c2-c2ccc(C(F)(F)F)cc2)S(=O)(=O)CC(F)(F)F)c1.Cl. The van der Waals surface area contributed by atoms with Crippen LogP contribution in [0.2, 0.25) is 0 Å². The first-order valence-corrected chi connectivity index (χ1v) is 12.8. The Hall–Kier alpha value is -2.93. The molecule has 1 atom stereocenters. The predicted octanol–water partition coefficient (Wildman–Crippen LogP) is 6.98. The van der Waals surface area contributed by atoms with Gasteiger partial charge in [0, 0.05) is 11.6 Å². The number of nitrogens with one attached hydrogen (secondary N) is 1. The van der Waals surface area contributed by atoms with Gasteiger partial charge in [-0.3, -0.25) is 9.40 Å². The predicted molar refractivity (Wildman–Crippen MR) is 134 cm³/mol. The molecule has 0 saturated heterocycles. The molecular formula is C24H26ClF6N3O3S. The maximum atomic E-state index is 13.2. The zero-order valence-corrected chi connectivity index (χ0v) is 21.9. The Kier molecular flexibility index (Phi) is 10.1. The largest absolute Gasteiger partial charge is 0.491 e. The molecule has 1 unspecified atom stereocenters. The molecule has 14 heteroatoms. The molecule has 0 radical (unpaired) electrons. The normalized spacial score (nSPS) is 13.1. The molecule has 0 aliphatic heterocycles. The molecule has 0 aliphatic carbocycles. The van der Waals surface area contributed by atoms with Crippen LogP contribution in [0.4, 0.5) is 32.0 Å². The second-order valence-corrected chi connectivity index (χ2v) is 10.3. The van der Waals surface area contributed by atoms with E-state index in [4.69, 9.17) is 4.74 Å². The molecule has 1 aromatic heterocycles. The van der Waals surface area contributed by atoms with Crippen molar-refractivity contribution in [3.05, 3.63) is 65.9 Å². The highest BCUT2D eigenvalue weighted by Gasteiger charge is 2.39. The lowest BCUT2D eigenvalue weighted by Crippen LogP contribution is -2.37. The minimum absolute atomic E-state index is 0. The number of aromatic nitrogens is 2. The molecule has 1 heterocycles. The highest BCUT2D eigenvalue weighted by molar-refractivity contribution is 7.92. The molecule has 6 nitrogen and oxygen atoms in total. The highest BCUT2D eigenvalue weighted by atomic mass is 35.5. The van der Waals surface area contributed by atoms with E-state index in [9.17, 15) is 34.8 Å². The van der Waals surface area contributed by atoms with Crippen molar-refractivity contribution in [3.8, 4) is 17.0 Å². The summed E-state index contributed by atoms with van der Waals surface area (Å²) in [5.74, 6) is -1.83. The summed E-state index contributed by atoms with van der Waals surface area (Å²) in [5.41, 5.74) is -0.369. The number of hydrogen-bond donors (Lipinski definition) is 1. The van der Waals surface area contributed by atoms with Crippen molar-refractivity contribution in [2.75, 3.05) is 10.1 Å². The Morgan fingerprint density at radius 2 is 1.71 bits per heavy atom. The van der Waals surface area contributed by atoms with Crippen LogP contribution in [0.5, 0.6) is 5.75 Å². The van der Waals surface area contributed by atoms with Crippen LogP contribution in [-0.4, -0.2) is 36.6 Å². The van der Waals surface area contributed by atoms with Crippen molar-refractivity contribution in [2.45, 2.75) is 51.7 Å². The monoisotopic (exact) mass is 585 g/mol. The van der Waals surface area contributed by atoms with Crippen molar-refractivity contribution in [2.24, 2.45) is 0 Å². The van der Waals surface area contributed by atoms with Crippen LogP contribution in [0, 0.1) is 0 Å². The Morgan fingerprint density at radius 1 is 1.05 bits per heavy atom. The summed E-state index contributed by atoms with van der Waals surface area (Å²) in [6, 6.07) is 9.71. The zero-order chi connectivity index (χ0) is 27.4. The second kappa shape index (κ2) is 12.3. The van der Waals surface area contributed by atoms with Crippen molar-refractivity contribution in [1.29, 1.82) is 0 Å². The number of hydrogen-bond acceptors (Lipinski definition) is 4. The first-order valence-electron chi connectivity index (χ1n) is 11.2. The van der Waals surface area contributed by atoms with Gasteiger partial charge < -0.3 is 4.74 Å². The smallest absolute Gasteiger partial charge is 0.416 e. The second-order valence-electron chi connectivity index (χ2n) is 8.44. The van der Waals surface area contributed by atoms with Gasteiger partial charge in [-0.2, -0.15) is 31.4 Å². The molecule has 0 aliphatic rings. The fourth-order valence-electron chi connectivity index (χ4n) is 3.71. The van der Waals surface area contributed by atoms with Gasteiger partial charge in [0.25, 0.3) is 0 Å². The van der Waals surface area contributed by atoms with Gasteiger partial charge in [-0.15, -0.1) is 12.4 Å². The van der Waals surface area contributed by atoms with E-state index in [0.717, 1.165) is 30.7 Å². The van der Waals surface area contributed by atoms with Crippen molar-refractivity contribution >= 4 is 28.1 Å². The van der Waals surface area contributed by atoms with E-state index < -0.39 is 40.2 Å². The van der Waals surface area contributed by atoms with Gasteiger partial charge in [0.2, 0.25) is 10.0 Å². The number of alkyl halides is 6. The lowest BCUT2D eigenvalue weighted by atomic mass is 10.1. The van der Waals surface area contributed by atoms with Gasteiger partial charge in [0.1, 0.15) is 5.75 Å². The molecule has 1 N–H and O–H groups in total. The number of sulfonamides is 1. The van der Waals surface area contributed by atoms with Gasteiger partial charge in [0.15, 0.2) is 5.75 Å². The fraction of sp³-hybridized carbons (Fsp3) is 0.375. The Balaban J connectivity index is 0.00000507. The molecule has 2 aromatic carbocycles. The molecule has 3 rings (SSSR count). The van der Waals surface area contributed by atoms with Crippen LogP contribution in [0.15, 0.2) is 54.7 Å². The van der Waals surface area contributed by atoms with Gasteiger partial charge in [0.05, 0.1) is 35.8 Å². The van der Waals surface area contributed by atoms with E-state index in [1.165, 1.54) is 24.4 Å². The number of benzene rings is 2. The number of nitrogens with zero attached hydrogens (tertiary/aromatic N) is 2. The lowest BCUT2D eigenvalue weighted by molar-refractivity contribution is -0.137.